The van der Waals surface area contributed by atoms with Gasteiger partial charge in [0.1, 0.15) is 0 Å². The highest BCUT2D eigenvalue weighted by Gasteiger charge is 2.34. The predicted molar refractivity (Wildman–Crippen MR) is 104 cm³/mol. The summed E-state index contributed by atoms with van der Waals surface area (Å²) in [5, 5.41) is 2.97. The zero-order valence-electron chi connectivity index (χ0n) is 15.9. The van der Waals surface area contributed by atoms with Gasteiger partial charge in [0.15, 0.2) is 0 Å². The first-order chi connectivity index (χ1) is 12.9. The molecule has 1 aromatic carbocycles. The van der Waals surface area contributed by atoms with Crippen LogP contribution >= 0.6 is 0 Å². The van der Waals surface area contributed by atoms with E-state index in [4.69, 9.17) is 4.74 Å². The van der Waals surface area contributed by atoms with E-state index in [9.17, 15) is 13.2 Å². The second-order valence-electron chi connectivity index (χ2n) is 7.08. The smallest absolute Gasteiger partial charge is 0.321 e. The summed E-state index contributed by atoms with van der Waals surface area (Å²) in [5.41, 5.74) is 1.89. The molecule has 2 saturated heterocycles. The molecule has 0 spiro atoms. The summed E-state index contributed by atoms with van der Waals surface area (Å²) in [7, 11) is -3.48. The Morgan fingerprint density at radius 3 is 2.22 bits per heavy atom. The monoisotopic (exact) mass is 396 g/mol. The highest BCUT2D eigenvalue weighted by molar-refractivity contribution is 7.86. The third-order valence-corrected chi connectivity index (χ3v) is 7.01. The van der Waals surface area contributed by atoms with Gasteiger partial charge in [-0.2, -0.15) is 17.0 Å². The molecular weight excluding hydrogens is 368 g/mol. The van der Waals surface area contributed by atoms with Gasteiger partial charge < -0.3 is 15.0 Å². The molecule has 3 rings (SSSR count). The minimum Gasteiger partial charge on any atom is -0.379 e. The fourth-order valence-corrected chi connectivity index (χ4v) is 4.93. The van der Waals surface area contributed by atoms with Crippen molar-refractivity contribution in [1.82, 2.24) is 13.5 Å². The fourth-order valence-electron chi connectivity index (χ4n) is 3.37. The molecule has 0 bridgehead atoms. The molecule has 2 aliphatic heterocycles. The number of nitrogens with one attached hydrogen (secondary N) is 1. The van der Waals surface area contributed by atoms with Crippen molar-refractivity contribution in [2.24, 2.45) is 0 Å². The summed E-state index contributed by atoms with van der Waals surface area (Å²) in [5.74, 6) is 0.303. The highest BCUT2D eigenvalue weighted by atomic mass is 32.2. The maximum Gasteiger partial charge on any atom is 0.321 e. The van der Waals surface area contributed by atoms with E-state index in [1.54, 1.807) is 4.90 Å². The molecule has 8 nitrogen and oxygen atoms in total. The van der Waals surface area contributed by atoms with Gasteiger partial charge in [0.2, 0.25) is 0 Å². The Morgan fingerprint density at radius 2 is 1.59 bits per heavy atom. The van der Waals surface area contributed by atoms with E-state index >= 15 is 0 Å². The fraction of sp³-hybridized carbons (Fsp3) is 0.611. The number of nitrogens with zero attached hydrogens (tertiary/aromatic N) is 3. The number of urea groups is 1. The van der Waals surface area contributed by atoms with E-state index < -0.39 is 10.2 Å². The Bertz CT molecular complexity index is 754. The third-order valence-electron chi connectivity index (χ3n) is 4.97. The van der Waals surface area contributed by atoms with Crippen molar-refractivity contribution in [3.05, 3.63) is 29.8 Å². The van der Waals surface area contributed by atoms with E-state index in [0.717, 1.165) is 11.3 Å². The van der Waals surface area contributed by atoms with Crippen molar-refractivity contribution < 1.29 is 17.9 Å². The number of hydrogen-bond donors (Lipinski definition) is 1. The van der Waals surface area contributed by atoms with Crippen LogP contribution in [0.25, 0.3) is 0 Å². The van der Waals surface area contributed by atoms with Crippen LogP contribution in [0.5, 0.6) is 0 Å². The zero-order chi connectivity index (χ0) is 19.4. The molecular formula is C18H28N4O4S. The lowest BCUT2D eigenvalue weighted by Crippen LogP contribution is -2.56. The molecule has 1 N–H and O–H groups in total. The number of carbonyl (C=O) groups is 1. The number of benzene rings is 1. The SMILES string of the molecule is CC(C)c1ccccc1NC(=O)N1CCN(S(=O)(=O)N2CCOCC2)CC1. The molecule has 27 heavy (non-hydrogen) atoms. The lowest BCUT2D eigenvalue weighted by molar-refractivity contribution is 0.0691. The molecule has 2 amide bonds. The van der Waals surface area contributed by atoms with Crippen LogP contribution in [0, 0.1) is 0 Å². The molecule has 9 heteroatoms. The first kappa shape index (κ1) is 20.1. The predicted octanol–water partition coefficient (Wildman–Crippen LogP) is 1.54. The molecule has 2 fully saturated rings. The van der Waals surface area contributed by atoms with Gasteiger partial charge in [-0.25, -0.2) is 4.79 Å². The first-order valence-corrected chi connectivity index (χ1v) is 10.8. The summed E-state index contributed by atoms with van der Waals surface area (Å²) < 4.78 is 33.6. The van der Waals surface area contributed by atoms with Crippen molar-refractivity contribution in [3.8, 4) is 0 Å². The Balaban J connectivity index is 1.58. The number of carbonyl (C=O) groups excluding carboxylic acids is 1. The van der Waals surface area contributed by atoms with Crippen molar-refractivity contribution in [3.63, 3.8) is 0 Å². The number of morpholine rings is 1. The van der Waals surface area contributed by atoms with Crippen LogP contribution in [0.15, 0.2) is 24.3 Å². The number of anilines is 1. The standard InChI is InChI=1S/C18H28N4O4S/c1-15(2)16-5-3-4-6-17(16)19-18(23)20-7-9-21(10-8-20)27(24,25)22-11-13-26-14-12-22/h3-6,15H,7-14H2,1-2H3,(H,19,23). The van der Waals surface area contributed by atoms with Crippen molar-refractivity contribution in [2.45, 2.75) is 19.8 Å². The van der Waals surface area contributed by atoms with Gasteiger partial charge in [0.05, 0.1) is 13.2 Å². The number of rotatable bonds is 4. The zero-order valence-corrected chi connectivity index (χ0v) is 16.7. The van der Waals surface area contributed by atoms with Gasteiger partial charge in [-0.3, -0.25) is 0 Å². The average molecular weight is 397 g/mol. The molecule has 2 aliphatic rings. The van der Waals surface area contributed by atoms with E-state index in [-0.39, 0.29) is 6.03 Å². The Morgan fingerprint density at radius 1 is 1.00 bits per heavy atom. The number of amides is 2. The first-order valence-electron chi connectivity index (χ1n) is 9.37. The van der Waals surface area contributed by atoms with Crippen LogP contribution in [0.4, 0.5) is 10.5 Å². The maximum absolute atomic E-state index is 12.7. The molecule has 0 saturated carbocycles. The molecule has 0 aromatic heterocycles. The number of piperazine rings is 1. The summed E-state index contributed by atoms with van der Waals surface area (Å²) in [6, 6.07) is 7.57. The van der Waals surface area contributed by atoms with Crippen LogP contribution < -0.4 is 5.32 Å². The number of para-hydroxylation sites is 1. The molecule has 0 radical (unpaired) electrons. The average Bonchev–Trinajstić information content (AvgIpc) is 2.69. The molecule has 0 aliphatic carbocycles. The molecule has 2 heterocycles. The summed E-state index contributed by atoms with van der Waals surface area (Å²) >= 11 is 0. The molecule has 1 aromatic rings. The minimum absolute atomic E-state index is 0.188. The van der Waals surface area contributed by atoms with Crippen LogP contribution in [0.1, 0.15) is 25.3 Å². The largest absolute Gasteiger partial charge is 0.379 e. The van der Waals surface area contributed by atoms with Crippen molar-refractivity contribution in [2.75, 3.05) is 57.8 Å². The van der Waals surface area contributed by atoms with Crippen molar-refractivity contribution in [1.29, 1.82) is 0 Å². The molecule has 150 valence electrons. The van der Waals surface area contributed by atoms with Gasteiger partial charge in [-0.05, 0) is 17.5 Å². The Kier molecular flexibility index (Phi) is 6.36. The topological polar surface area (TPSA) is 82.2 Å². The van der Waals surface area contributed by atoms with E-state index in [1.807, 2.05) is 24.3 Å². The summed E-state index contributed by atoms with van der Waals surface area (Å²) in [4.78, 5) is 14.3. The summed E-state index contributed by atoms with van der Waals surface area (Å²) in [6.07, 6.45) is 0. The summed E-state index contributed by atoms with van der Waals surface area (Å²) in [6.45, 7) is 7.15. The maximum atomic E-state index is 12.7. The quantitative estimate of drug-likeness (QED) is 0.837. The second kappa shape index (κ2) is 8.55. The van der Waals surface area contributed by atoms with E-state index in [0.29, 0.717) is 58.4 Å². The second-order valence-corrected chi connectivity index (χ2v) is 9.01. The van der Waals surface area contributed by atoms with E-state index in [1.165, 1.54) is 8.61 Å². The van der Waals surface area contributed by atoms with Crippen LogP contribution in [0.2, 0.25) is 0 Å². The van der Waals surface area contributed by atoms with Gasteiger partial charge >= 0.3 is 6.03 Å². The van der Waals surface area contributed by atoms with Gasteiger partial charge in [0, 0.05) is 45.0 Å². The van der Waals surface area contributed by atoms with Crippen LogP contribution in [-0.2, 0) is 14.9 Å². The third kappa shape index (κ3) is 4.60. The van der Waals surface area contributed by atoms with Gasteiger partial charge in [-0.15, -0.1) is 0 Å². The highest BCUT2D eigenvalue weighted by Crippen LogP contribution is 2.24. The normalized spacial score (nSPS) is 20.0. The molecule has 0 unspecified atom stereocenters. The van der Waals surface area contributed by atoms with Gasteiger partial charge in [0.25, 0.3) is 10.2 Å². The van der Waals surface area contributed by atoms with E-state index in [2.05, 4.69) is 19.2 Å². The van der Waals surface area contributed by atoms with Crippen LogP contribution in [-0.4, -0.2) is 80.4 Å². The Hall–Kier alpha value is -1.68. The lowest BCUT2D eigenvalue weighted by Gasteiger charge is -2.37. The Labute approximate surface area is 161 Å². The molecule has 0 atom stereocenters. The number of hydrogen-bond acceptors (Lipinski definition) is 4. The van der Waals surface area contributed by atoms with Gasteiger partial charge in [-0.1, -0.05) is 32.0 Å². The lowest BCUT2D eigenvalue weighted by atomic mass is 10.0. The van der Waals surface area contributed by atoms with Crippen LogP contribution in [0.3, 0.4) is 0 Å². The minimum atomic E-state index is -3.48. The number of ether oxygens (including phenoxy) is 1. The van der Waals surface area contributed by atoms with Crippen molar-refractivity contribution >= 4 is 21.9 Å².